The van der Waals surface area contributed by atoms with E-state index in [1.54, 1.807) is 31.2 Å². The molecule has 6 nitrogen and oxygen atoms in total. The van der Waals surface area contributed by atoms with Crippen LogP contribution in [0.5, 0.6) is 5.75 Å². The molecular formula is C15H17NO5. The van der Waals surface area contributed by atoms with Crippen molar-refractivity contribution < 1.29 is 23.9 Å². The summed E-state index contributed by atoms with van der Waals surface area (Å²) in [5.41, 5.74) is 0.430. The van der Waals surface area contributed by atoms with Gasteiger partial charge in [0.25, 0.3) is 5.91 Å². The Hall–Kier alpha value is -2.37. The van der Waals surface area contributed by atoms with Gasteiger partial charge in [0, 0.05) is 0 Å². The Labute approximate surface area is 122 Å². The normalized spacial score (nSPS) is 14.0. The van der Waals surface area contributed by atoms with Gasteiger partial charge >= 0.3 is 5.97 Å². The number of Topliss-reactive ketones (excluding diaryl/α,β-unsaturated/α-hetero) is 1. The van der Waals surface area contributed by atoms with E-state index in [9.17, 15) is 14.4 Å². The first-order valence-electron chi connectivity index (χ1n) is 6.80. The molecule has 0 aromatic heterocycles. The predicted octanol–water partition coefficient (Wildman–Crippen LogP) is 1.04. The summed E-state index contributed by atoms with van der Waals surface area (Å²) >= 11 is 0. The van der Waals surface area contributed by atoms with Crippen molar-refractivity contribution in [3.05, 3.63) is 29.8 Å². The molecule has 0 fully saturated rings. The molecule has 0 radical (unpaired) electrons. The smallest absolute Gasteiger partial charge is 0.313 e. The van der Waals surface area contributed by atoms with Gasteiger partial charge in [-0.2, -0.15) is 0 Å². The molecule has 0 unspecified atom stereocenters. The summed E-state index contributed by atoms with van der Waals surface area (Å²) in [4.78, 5) is 36.9. The Morgan fingerprint density at radius 3 is 2.86 bits per heavy atom. The fraction of sp³-hybridized carbons (Fsp3) is 0.400. The Kier molecular flexibility index (Phi) is 4.92. The maximum atomic E-state index is 12.4. The third kappa shape index (κ3) is 3.81. The molecule has 0 N–H and O–H groups in total. The van der Waals surface area contributed by atoms with Crippen molar-refractivity contribution in [2.45, 2.75) is 13.3 Å². The summed E-state index contributed by atoms with van der Waals surface area (Å²) in [6.45, 7) is 2.41. The SMILES string of the molecule is CCOC(=O)CC(=O)CN1CCOc2ccccc2C1=O. The average molecular weight is 291 g/mol. The first-order chi connectivity index (χ1) is 10.1. The average Bonchev–Trinajstić information content (AvgIpc) is 2.60. The lowest BCUT2D eigenvalue weighted by Gasteiger charge is -2.18. The van der Waals surface area contributed by atoms with E-state index < -0.39 is 5.97 Å². The molecule has 0 aliphatic carbocycles. The molecule has 0 bridgehead atoms. The molecule has 0 spiro atoms. The molecule has 21 heavy (non-hydrogen) atoms. The van der Waals surface area contributed by atoms with Crippen LogP contribution in [-0.2, 0) is 14.3 Å². The quantitative estimate of drug-likeness (QED) is 0.599. The number of ketones is 1. The van der Waals surface area contributed by atoms with E-state index in [2.05, 4.69) is 0 Å². The summed E-state index contributed by atoms with van der Waals surface area (Å²) < 4.78 is 10.2. The molecule has 1 aliphatic heterocycles. The maximum Gasteiger partial charge on any atom is 0.313 e. The van der Waals surface area contributed by atoms with Gasteiger partial charge in [0.2, 0.25) is 0 Å². The zero-order valence-electron chi connectivity index (χ0n) is 11.8. The van der Waals surface area contributed by atoms with Gasteiger partial charge in [-0.15, -0.1) is 0 Å². The van der Waals surface area contributed by atoms with E-state index in [1.807, 2.05) is 0 Å². The highest BCUT2D eigenvalue weighted by molar-refractivity contribution is 6.02. The topological polar surface area (TPSA) is 72.9 Å². The number of carbonyl (C=O) groups excluding carboxylic acids is 3. The van der Waals surface area contributed by atoms with E-state index in [0.29, 0.717) is 24.5 Å². The lowest BCUT2D eigenvalue weighted by molar-refractivity contribution is -0.145. The molecule has 2 rings (SSSR count). The number of para-hydroxylation sites is 1. The van der Waals surface area contributed by atoms with E-state index >= 15 is 0 Å². The van der Waals surface area contributed by atoms with Crippen LogP contribution in [0.25, 0.3) is 0 Å². The van der Waals surface area contributed by atoms with Gasteiger partial charge in [-0.3, -0.25) is 14.4 Å². The van der Waals surface area contributed by atoms with Crippen LogP contribution in [0, 0.1) is 0 Å². The van der Waals surface area contributed by atoms with Crippen molar-refractivity contribution in [3.8, 4) is 5.75 Å². The monoisotopic (exact) mass is 291 g/mol. The van der Waals surface area contributed by atoms with Crippen molar-refractivity contribution >= 4 is 17.7 Å². The number of ether oxygens (including phenoxy) is 2. The summed E-state index contributed by atoms with van der Waals surface area (Å²) in [6.07, 6.45) is -0.319. The second-order valence-corrected chi connectivity index (χ2v) is 4.59. The van der Waals surface area contributed by atoms with Gasteiger partial charge in [-0.25, -0.2) is 0 Å². The first-order valence-corrected chi connectivity index (χ1v) is 6.80. The first kappa shape index (κ1) is 15.0. The molecule has 6 heteroatoms. The van der Waals surface area contributed by atoms with Crippen LogP contribution < -0.4 is 4.74 Å². The molecule has 0 atom stereocenters. The Balaban J connectivity index is 2.02. The number of fused-ring (bicyclic) bond motifs is 1. The predicted molar refractivity (Wildman–Crippen MR) is 74.1 cm³/mol. The van der Waals surface area contributed by atoms with Gasteiger partial charge < -0.3 is 14.4 Å². The number of rotatable bonds is 5. The number of hydrogen-bond donors (Lipinski definition) is 0. The van der Waals surface area contributed by atoms with Crippen molar-refractivity contribution in [3.63, 3.8) is 0 Å². The molecule has 0 saturated heterocycles. The molecule has 1 heterocycles. The highest BCUT2D eigenvalue weighted by Crippen LogP contribution is 2.22. The van der Waals surface area contributed by atoms with Gasteiger partial charge in [0.05, 0.1) is 25.3 Å². The van der Waals surface area contributed by atoms with Crippen molar-refractivity contribution in [2.75, 3.05) is 26.3 Å². The van der Waals surface area contributed by atoms with Crippen LogP contribution >= 0.6 is 0 Å². The van der Waals surface area contributed by atoms with Crippen LogP contribution in [0.2, 0.25) is 0 Å². The minimum absolute atomic E-state index is 0.116. The van der Waals surface area contributed by atoms with Crippen LogP contribution in [0.3, 0.4) is 0 Å². The Bertz CT molecular complexity index is 555. The van der Waals surface area contributed by atoms with E-state index in [4.69, 9.17) is 9.47 Å². The number of hydrogen-bond acceptors (Lipinski definition) is 5. The van der Waals surface area contributed by atoms with Crippen molar-refractivity contribution in [2.24, 2.45) is 0 Å². The Morgan fingerprint density at radius 1 is 1.33 bits per heavy atom. The third-order valence-electron chi connectivity index (χ3n) is 3.04. The van der Waals surface area contributed by atoms with Gasteiger partial charge in [-0.1, -0.05) is 12.1 Å². The zero-order chi connectivity index (χ0) is 15.2. The maximum absolute atomic E-state index is 12.4. The zero-order valence-corrected chi connectivity index (χ0v) is 11.8. The highest BCUT2D eigenvalue weighted by atomic mass is 16.5. The Morgan fingerprint density at radius 2 is 2.10 bits per heavy atom. The number of carbonyl (C=O) groups is 3. The lowest BCUT2D eigenvalue weighted by atomic mass is 10.1. The molecule has 112 valence electrons. The fourth-order valence-electron chi connectivity index (χ4n) is 2.10. The van der Waals surface area contributed by atoms with Crippen molar-refractivity contribution in [1.82, 2.24) is 4.90 Å². The number of nitrogens with zero attached hydrogens (tertiary/aromatic N) is 1. The molecule has 1 aliphatic rings. The van der Waals surface area contributed by atoms with Gasteiger partial charge in [0.1, 0.15) is 18.8 Å². The molecule has 1 aromatic rings. The standard InChI is InChI=1S/C15H17NO5/c1-2-20-14(18)9-11(17)10-16-7-8-21-13-6-4-3-5-12(13)15(16)19/h3-6H,2,7-10H2,1H3. The lowest BCUT2D eigenvalue weighted by Crippen LogP contribution is -2.37. The third-order valence-corrected chi connectivity index (χ3v) is 3.04. The number of esters is 1. The minimum atomic E-state index is -0.568. The summed E-state index contributed by atoms with van der Waals surface area (Å²) in [5.74, 6) is -0.661. The molecule has 1 amide bonds. The molecule has 0 saturated carbocycles. The van der Waals surface area contributed by atoms with Crippen LogP contribution in [-0.4, -0.2) is 48.9 Å². The van der Waals surface area contributed by atoms with Gasteiger partial charge in [-0.05, 0) is 19.1 Å². The molecular weight excluding hydrogens is 274 g/mol. The second-order valence-electron chi connectivity index (χ2n) is 4.59. The van der Waals surface area contributed by atoms with E-state index in [0.717, 1.165) is 0 Å². The summed E-state index contributed by atoms with van der Waals surface area (Å²) in [6, 6.07) is 6.90. The molecule has 1 aromatic carbocycles. The largest absolute Gasteiger partial charge is 0.491 e. The highest BCUT2D eigenvalue weighted by Gasteiger charge is 2.25. The van der Waals surface area contributed by atoms with Crippen molar-refractivity contribution in [1.29, 1.82) is 0 Å². The van der Waals surface area contributed by atoms with Gasteiger partial charge in [0.15, 0.2) is 5.78 Å². The summed E-state index contributed by atoms with van der Waals surface area (Å²) in [5, 5.41) is 0. The van der Waals surface area contributed by atoms with Crippen LogP contribution in [0.1, 0.15) is 23.7 Å². The second kappa shape index (κ2) is 6.88. The fourth-order valence-corrected chi connectivity index (χ4v) is 2.10. The van der Waals surface area contributed by atoms with E-state index in [1.165, 1.54) is 4.90 Å². The van der Waals surface area contributed by atoms with E-state index in [-0.39, 0.29) is 31.3 Å². The minimum Gasteiger partial charge on any atom is -0.491 e. The summed E-state index contributed by atoms with van der Waals surface area (Å²) in [7, 11) is 0. The van der Waals surface area contributed by atoms with Crippen LogP contribution in [0.4, 0.5) is 0 Å². The number of amides is 1. The van der Waals surface area contributed by atoms with Crippen LogP contribution in [0.15, 0.2) is 24.3 Å². The number of benzene rings is 1.